The number of imide groups is 1. The zero-order valence-corrected chi connectivity index (χ0v) is 19.8. The van der Waals surface area contributed by atoms with Crippen molar-refractivity contribution in [3.8, 4) is 11.5 Å². The molecule has 1 N–H and O–H groups in total. The van der Waals surface area contributed by atoms with Gasteiger partial charge >= 0.3 is 6.03 Å². The van der Waals surface area contributed by atoms with Gasteiger partial charge in [-0.25, -0.2) is 4.79 Å². The third-order valence-electron chi connectivity index (χ3n) is 6.66. The fraction of sp³-hybridized carbons (Fsp3) is 0.385. The molecule has 2 aromatic carbocycles. The summed E-state index contributed by atoms with van der Waals surface area (Å²) in [6.07, 6.45) is -0.559. The summed E-state index contributed by atoms with van der Waals surface area (Å²) in [5.41, 5.74) is 1.82. The molecule has 34 heavy (non-hydrogen) atoms. The SMILES string of the molecule is C=C(C)CN1C(=O)C2C(NC3N(c4ccc(Oc5ccccc5)cc4)CC(C)CN23)N(C)C1=O. The van der Waals surface area contributed by atoms with Crippen LogP contribution in [0.25, 0.3) is 0 Å². The summed E-state index contributed by atoms with van der Waals surface area (Å²) in [5, 5.41) is 3.56. The fourth-order valence-electron chi connectivity index (χ4n) is 5.16. The van der Waals surface area contributed by atoms with E-state index in [-0.39, 0.29) is 30.9 Å². The van der Waals surface area contributed by atoms with E-state index < -0.39 is 6.04 Å². The fourth-order valence-corrected chi connectivity index (χ4v) is 5.16. The van der Waals surface area contributed by atoms with E-state index in [1.165, 1.54) is 4.90 Å². The maximum absolute atomic E-state index is 13.4. The number of likely N-dealkylation sites (N-methyl/N-ethyl adjacent to an activating group) is 1. The normalized spacial score (nSPS) is 27.0. The Labute approximate surface area is 200 Å². The van der Waals surface area contributed by atoms with E-state index in [0.29, 0.717) is 5.92 Å². The Balaban J connectivity index is 1.39. The van der Waals surface area contributed by atoms with Crippen LogP contribution in [0, 0.1) is 5.92 Å². The number of rotatable bonds is 5. The average Bonchev–Trinajstić information content (AvgIpc) is 3.20. The van der Waals surface area contributed by atoms with Gasteiger partial charge in [-0.05, 0) is 49.2 Å². The number of ether oxygens (including phenoxy) is 1. The van der Waals surface area contributed by atoms with E-state index in [4.69, 9.17) is 4.74 Å². The Hall–Kier alpha value is -3.36. The van der Waals surface area contributed by atoms with E-state index in [0.717, 1.165) is 35.8 Å². The number of amides is 3. The molecule has 178 valence electrons. The number of hydrogen-bond acceptors (Lipinski definition) is 6. The molecule has 2 aromatic rings. The number of benzene rings is 2. The van der Waals surface area contributed by atoms with E-state index in [2.05, 4.69) is 28.6 Å². The Morgan fingerprint density at radius 1 is 1.06 bits per heavy atom. The van der Waals surface area contributed by atoms with Gasteiger partial charge in [0.15, 0.2) is 0 Å². The summed E-state index contributed by atoms with van der Waals surface area (Å²) in [6.45, 7) is 9.78. The van der Waals surface area contributed by atoms with Gasteiger partial charge in [0.05, 0.1) is 6.54 Å². The van der Waals surface area contributed by atoms with Crippen LogP contribution in [0.3, 0.4) is 0 Å². The second-order valence-corrected chi connectivity index (χ2v) is 9.57. The molecular weight excluding hydrogens is 430 g/mol. The van der Waals surface area contributed by atoms with Gasteiger partial charge in [0.2, 0.25) is 0 Å². The highest BCUT2D eigenvalue weighted by molar-refractivity contribution is 6.00. The summed E-state index contributed by atoms with van der Waals surface area (Å²) in [5.74, 6) is 1.75. The van der Waals surface area contributed by atoms with Gasteiger partial charge in [0, 0.05) is 25.8 Å². The molecule has 4 unspecified atom stereocenters. The number of fused-ring (bicyclic) bond motifs is 3. The molecule has 3 aliphatic rings. The van der Waals surface area contributed by atoms with Gasteiger partial charge in [0.1, 0.15) is 30.0 Å². The molecule has 0 aromatic heterocycles. The van der Waals surface area contributed by atoms with Crippen LogP contribution in [-0.2, 0) is 4.79 Å². The van der Waals surface area contributed by atoms with Crippen molar-refractivity contribution in [3.05, 3.63) is 66.7 Å². The van der Waals surface area contributed by atoms with Crippen LogP contribution >= 0.6 is 0 Å². The lowest BCUT2D eigenvalue weighted by atomic mass is 10.0. The van der Waals surface area contributed by atoms with Gasteiger partial charge in [-0.2, -0.15) is 0 Å². The molecule has 8 nitrogen and oxygen atoms in total. The van der Waals surface area contributed by atoms with E-state index in [1.54, 1.807) is 11.9 Å². The van der Waals surface area contributed by atoms with Crippen molar-refractivity contribution in [1.82, 2.24) is 20.0 Å². The van der Waals surface area contributed by atoms with Gasteiger partial charge in [0.25, 0.3) is 5.91 Å². The van der Waals surface area contributed by atoms with Crippen molar-refractivity contribution in [2.45, 2.75) is 32.3 Å². The molecule has 0 saturated carbocycles. The molecule has 5 rings (SSSR count). The smallest absolute Gasteiger partial charge is 0.328 e. The molecule has 3 heterocycles. The van der Waals surface area contributed by atoms with Crippen molar-refractivity contribution < 1.29 is 14.3 Å². The first-order valence-corrected chi connectivity index (χ1v) is 11.7. The summed E-state index contributed by atoms with van der Waals surface area (Å²) >= 11 is 0. The topological polar surface area (TPSA) is 68.4 Å². The van der Waals surface area contributed by atoms with Gasteiger partial charge in [-0.15, -0.1) is 0 Å². The number of nitrogens with zero attached hydrogens (tertiary/aromatic N) is 4. The Morgan fingerprint density at radius 3 is 2.41 bits per heavy atom. The minimum absolute atomic E-state index is 0.160. The van der Waals surface area contributed by atoms with Crippen molar-refractivity contribution in [2.75, 3.05) is 31.6 Å². The third-order valence-corrected chi connectivity index (χ3v) is 6.66. The van der Waals surface area contributed by atoms with Gasteiger partial charge in [-0.1, -0.05) is 37.3 Å². The maximum Gasteiger partial charge on any atom is 0.328 e. The molecule has 3 saturated heterocycles. The Bertz CT molecular complexity index is 1090. The first-order chi connectivity index (χ1) is 16.3. The zero-order chi connectivity index (χ0) is 24.0. The summed E-state index contributed by atoms with van der Waals surface area (Å²) in [6, 6.07) is 17.0. The third kappa shape index (κ3) is 3.93. The highest BCUT2D eigenvalue weighted by Crippen LogP contribution is 2.35. The monoisotopic (exact) mass is 461 g/mol. The molecule has 0 radical (unpaired) electrons. The first kappa shape index (κ1) is 22.4. The zero-order valence-electron chi connectivity index (χ0n) is 19.8. The first-order valence-electron chi connectivity index (χ1n) is 11.7. The molecule has 3 aliphatic heterocycles. The van der Waals surface area contributed by atoms with E-state index in [1.807, 2.05) is 61.5 Å². The van der Waals surface area contributed by atoms with Crippen molar-refractivity contribution in [1.29, 1.82) is 0 Å². The number of para-hydroxylation sites is 1. The van der Waals surface area contributed by atoms with E-state index >= 15 is 0 Å². The summed E-state index contributed by atoms with van der Waals surface area (Å²) in [4.78, 5) is 33.8. The quantitative estimate of drug-likeness (QED) is 0.690. The lowest BCUT2D eigenvalue weighted by Gasteiger charge is -2.46. The number of anilines is 1. The number of carbonyl (C=O) groups excluding carboxylic acids is 2. The molecule has 3 fully saturated rings. The van der Waals surface area contributed by atoms with Gasteiger partial charge < -0.3 is 14.5 Å². The largest absolute Gasteiger partial charge is 0.457 e. The molecule has 0 bridgehead atoms. The number of carbonyl (C=O) groups is 2. The standard InChI is InChI=1S/C26H31N5O3/c1-17(2)14-31-24(32)22-23(28(4)26(31)33)27-25-29(15-18(3)16-30(22)25)19-10-12-21(13-11-19)34-20-8-6-5-7-9-20/h5-13,18,22-23,25,27H,1,14-16H2,2-4H3. The molecule has 0 aliphatic carbocycles. The average molecular weight is 462 g/mol. The van der Waals surface area contributed by atoms with Crippen LogP contribution in [0.2, 0.25) is 0 Å². The predicted molar refractivity (Wildman–Crippen MR) is 130 cm³/mol. The van der Waals surface area contributed by atoms with Crippen LogP contribution in [0.15, 0.2) is 66.7 Å². The minimum Gasteiger partial charge on any atom is -0.457 e. The van der Waals surface area contributed by atoms with Crippen LogP contribution < -0.4 is 15.0 Å². The molecule has 0 spiro atoms. The second kappa shape index (κ2) is 8.77. The van der Waals surface area contributed by atoms with Crippen LogP contribution in [0.5, 0.6) is 11.5 Å². The number of nitrogens with one attached hydrogen (secondary N) is 1. The summed E-state index contributed by atoms with van der Waals surface area (Å²) < 4.78 is 5.94. The highest BCUT2D eigenvalue weighted by Gasteiger charge is 2.56. The minimum atomic E-state index is -0.432. The molecule has 3 amide bonds. The molecular formula is C26H31N5O3. The number of hydrogen-bond donors (Lipinski definition) is 1. The second-order valence-electron chi connectivity index (χ2n) is 9.57. The van der Waals surface area contributed by atoms with Crippen molar-refractivity contribution in [2.24, 2.45) is 5.92 Å². The highest BCUT2D eigenvalue weighted by atomic mass is 16.5. The van der Waals surface area contributed by atoms with Crippen LogP contribution in [0.4, 0.5) is 10.5 Å². The number of urea groups is 1. The van der Waals surface area contributed by atoms with Crippen molar-refractivity contribution >= 4 is 17.6 Å². The Morgan fingerprint density at radius 2 is 1.74 bits per heavy atom. The van der Waals surface area contributed by atoms with Gasteiger partial charge in [-0.3, -0.25) is 19.9 Å². The molecule has 4 atom stereocenters. The lowest BCUT2D eigenvalue weighted by Crippen LogP contribution is -2.66. The van der Waals surface area contributed by atoms with Crippen LogP contribution in [-0.4, -0.2) is 71.8 Å². The Kier molecular flexibility index (Phi) is 5.79. The maximum atomic E-state index is 13.4. The summed E-state index contributed by atoms with van der Waals surface area (Å²) in [7, 11) is 1.76. The predicted octanol–water partition coefficient (Wildman–Crippen LogP) is 3.29. The van der Waals surface area contributed by atoms with E-state index in [9.17, 15) is 9.59 Å². The van der Waals surface area contributed by atoms with Crippen LogP contribution in [0.1, 0.15) is 13.8 Å². The molecule has 8 heteroatoms. The van der Waals surface area contributed by atoms with Crippen molar-refractivity contribution in [3.63, 3.8) is 0 Å². The lowest BCUT2D eigenvalue weighted by molar-refractivity contribution is -0.138.